The molecule has 3 aromatic rings. The van der Waals surface area contributed by atoms with Gasteiger partial charge in [-0.15, -0.1) is 0 Å². The topological polar surface area (TPSA) is 95.1 Å². The highest BCUT2D eigenvalue weighted by molar-refractivity contribution is 5.75. The van der Waals surface area contributed by atoms with Crippen LogP contribution in [0.2, 0.25) is 0 Å². The molecule has 0 atom stereocenters. The lowest BCUT2D eigenvalue weighted by molar-refractivity contribution is 0.328. The quantitative estimate of drug-likeness (QED) is 0.740. The maximum Gasteiger partial charge on any atom is 0.251 e. The lowest BCUT2D eigenvalue weighted by Crippen LogP contribution is -2.16. The summed E-state index contributed by atoms with van der Waals surface area (Å²) in [5.41, 5.74) is 6.70. The van der Waals surface area contributed by atoms with E-state index in [1.54, 1.807) is 19.3 Å². The predicted molar refractivity (Wildman–Crippen MR) is 89.1 cm³/mol. The van der Waals surface area contributed by atoms with Gasteiger partial charge in [-0.1, -0.05) is 0 Å². The van der Waals surface area contributed by atoms with Crippen molar-refractivity contribution in [2.24, 2.45) is 12.8 Å². The molecule has 0 fully saturated rings. The molecule has 118 valence electrons. The molecule has 0 aliphatic heterocycles. The number of rotatable bonds is 5. The molecule has 0 aliphatic carbocycles. The van der Waals surface area contributed by atoms with Crippen LogP contribution in [0.15, 0.2) is 47.4 Å². The van der Waals surface area contributed by atoms with Crippen LogP contribution in [0.1, 0.15) is 0 Å². The minimum Gasteiger partial charge on any atom is -0.492 e. The Bertz CT molecular complexity index is 874. The lowest BCUT2D eigenvalue weighted by Gasteiger charge is -2.09. The van der Waals surface area contributed by atoms with Gasteiger partial charge in [0.1, 0.15) is 18.0 Å². The highest BCUT2D eigenvalue weighted by atomic mass is 16.5. The first kappa shape index (κ1) is 15.0. The van der Waals surface area contributed by atoms with Crippen LogP contribution in [0, 0.1) is 0 Å². The molecule has 0 bridgehead atoms. The fraction of sp³-hybridized carbons (Fsp3) is 0.188. The third-order valence-electron chi connectivity index (χ3n) is 3.35. The Morgan fingerprint density at radius 3 is 2.74 bits per heavy atom. The Labute approximate surface area is 132 Å². The van der Waals surface area contributed by atoms with E-state index in [0.29, 0.717) is 24.7 Å². The molecule has 0 saturated heterocycles. The largest absolute Gasteiger partial charge is 0.492 e. The molecule has 3 N–H and O–H groups in total. The summed E-state index contributed by atoms with van der Waals surface area (Å²) in [6.45, 7) is 0.957. The van der Waals surface area contributed by atoms with Crippen molar-refractivity contribution in [3.63, 3.8) is 0 Å². The molecule has 0 saturated carbocycles. The number of pyridine rings is 1. The number of aromatic nitrogens is 3. The SMILES string of the molecule is Cn1c(=O)ccc2cnc(Nc3ccc(OCCN)cc3)nc21. The van der Waals surface area contributed by atoms with E-state index >= 15 is 0 Å². The molecule has 0 unspecified atom stereocenters. The van der Waals surface area contributed by atoms with E-state index in [4.69, 9.17) is 10.5 Å². The Kier molecular flexibility index (Phi) is 4.20. The van der Waals surface area contributed by atoms with Crippen molar-refractivity contribution in [3.05, 3.63) is 52.9 Å². The average molecular weight is 311 g/mol. The Hall–Kier alpha value is -2.93. The summed E-state index contributed by atoms with van der Waals surface area (Å²) in [6.07, 6.45) is 1.68. The van der Waals surface area contributed by atoms with Crippen molar-refractivity contribution in [2.75, 3.05) is 18.5 Å². The van der Waals surface area contributed by atoms with Gasteiger partial charge in [0, 0.05) is 36.9 Å². The summed E-state index contributed by atoms with van der Waals surface area (Å²) < 4.78 is 6.92. The van der Waals surface area contributed by atoms with Crippen LogP contribution >= 0.6 is 0 Å². The van der Waals surface area contributed by atoms with Crippen molar-refractivity contribution in [1.82, 2.24) is 14.5 Å². The number of hydrogen-bond acceptors (Lipinski definition) is 6. The molecule has 1 aromatic carbocycles. The van der Waals surface area contributed by atoms with Crippen LogP contribution in [0.25, 0.3) is 11.0 Å². The van der Waals surface area contributed by atoms with Gasteiger partial charge in [0.25, 0.3) is 5.56 Å². The molecule has 23 heavy (non-hydrogen) atoms. The summed E-state index contributed by atoms with van der Waals surface area (Å²) >= 11 is 0. The smallest absolute Gasteiger partial charge is 0.251 e. The third kappa shape index (κ3) is 3.29. The molecule has 0 radical (unpaired) electrons. The maximum atomic E-state index is 11.7. The number of anilines is 2. The Morgan fingerprint density at radius 1 is 1.22 bits per heavy atom. The van der Waals surface area contributed by atoms with E-state index in [0.717, 1.165) is 16.8 Å². The standard InChI is InChI=1S/C16H17N5O2/c1-21-14(22)7-2-11-10-18-16(20-15(11)21)19-12-3-5-13(6-4-12)23-9-8-17/h2-7,10H,8-9,17H2,1H3,(H,18,19,20). The second kappa shape index (κ2) is 6.45. The normalized spacial score (nSPS) is 10.7. The van der Waals surface area contributed by atoms with Crippen LogP contribution in [0.5, 0.6) is 5.75 Å². The molecule has 7 heteroatoms. The van der Waals surface area contributed by atoms with Gasteiger partial charge in [0.15, 0.2) is 0 Å². The minimum atomic E-state index is -0.108. The zero-order chi connectivity index (χ0) is 16.2. The number of nitrogens with one attached hydrogen (secondary N) is 1. The minimum absolute atomic E-state index is 0.108. The first-order chi connectivity index (χ1) is 11.2. The summed E-state index contributed by atoms with van der Waals surface area (Å²) in [4.78, 5) is 20.3. The van der Waals surface area contributed by atoms with E-state index in [-0.39, 0.29) is 5.56 Å². The molecule has 3 rings (SSSR count). The number of hydrogen-bond donors (Lipinski definition) is 2. The van der Waals surface area contributed by atoms with E-state index in [1.807, 2.05) is 24.3 Å². The highest BCUT2D eigenvalue weighted by Crippen LogP contribution is 2.19. The number of benzene rings is 1. The van der Waals surface area contributed by atoms with E-state index in [9.17, 15) is 4.79 Å². The second-order valence-electron chi connectivity index (χ2n) is 4.99. The molecule has 0 amide bonds. The third-order valence-corrected chi connectivity index (χ3v) is 3.35. The number of nitrogens with two attached hydrogens (primary N) is 1. The van der Waals surface area contributed by atoms with Gasteiger partial charge in [-0.2, -0.15) is 4.98 Å². The van der Waals surface area contributed by atoms with E-state index in [1.165, 1.54) is 10.6 Å². The van der Waals surface area contributed by atoms with Gasteiger partial charge in [0.2, 0.25) is 5.95 Å². The molecule has 2 aromatic heterocycles. The van der Waals surface area contributed by atoms with Crippen LogP contribution in [-0.4, -0.2) is 27.7 Å². The Morgan fingerprint density at radius 2 is 2.00 bits per heavy atom. The molecule has 0 spiro atoms. The number of fused-ring (bicyclic) bond motifs is 1. The monoisotopic (exact) mass is 311 g/mol. The molecule has 7 nitrogen and oxygen atoms in total. The molecule has 2 heterocycles. The zero-order valence-electron chi connectivity index (χ0n) is 12.7. The van der Waals surface area contributed by atoms with Crippen molar-refractivity contribution in [2.45, 2.75) is 0 Å². The zero-order valence-corrected chi connectivity index (χ0v) is 12.7. The van der Waals surface area contributed by atoms with Crippen molar-refractivity contribution < 1.29 is 4.74 Å². The number of ether oxygens (including phenoxy) is 1. The van der Waals surface area contributed by atoms with Crippen LogP contribution in [0.4, 0.5) is 11.6 Å². The van der Waals surface area contributed by atoms with Gasteiger partial charge >= 0.3 is 0 Å². The average Bonchev–Trinajstić information content (AvgIpc) is 2.58. The van der Waals surface area contributed by atoms with E-state index < -0.39 is 0 Å². The van der Waals surface area contributed by atoms with Gasteiger partial charge < -0.3 is 15.8 Å². The van der Waals surface area contributed by atoms with Crippen molar-refractivity contribution >= 4 is 22.7 Å². The lowest BCUT2D eigenvalue weighted by atomic mass is 10.3. The van der Waals surface area contributed by atoms with Gasteiger partial charge in [-0.25, -0.2) is 4.98 Å². The Balaban J connectivity index is 1.83. The van der Waals surface area contributed by atoms with Gasteiger partial charge in [-0.3, -0.25) is 9.36 Å². The fourth-order valence-electron chi connectivity index (χ4n) is 2.15. The first-order valence-electron chi connectivity index (χ1n) is 7.20. The maximum absolute atomic E-state index is 11.7. The van der Waals surface area contributed by atoms with Gasteiger partial charge in [0.05, 0.1) is 0 Å². The van der Waals surface area contributed by atoms with Crippen LogP contribution in [0.3, 0.4) is 0 Å². The highest BCUT2D eigenvalue weighted by Gasteiger charge is 2.04. The number of aryl methyl sites for hydroxylation is 1. The van der Waals surface area contributed by atoms with Crippen molar-refractivity contribution in [1.29, 1.82) is 0 Å². The second-order valence-corrected chi connectivity index (χ2v) is 4.99. The predicted octanol–water partition coefficient (Wildman–Crippen LogP) is 1.41. The summed E-state index contributed by atoms with van der Waals surface area (Å²) in [5, 5.41) is 3.92. The van der Waals surface area contributed by atoms with E-state index in [2.05, 4.69) is 15.3 Å². The summed E-state index contributed by atoms with van der Waals surface area (Å²) in [6, 6.07) is 10.6. The summed E-state index contributed by atoms with van der Waals surface area (Å²) in [5.74, 6) is 1.18. The number of nitrogens with zero attached hydrogens (tertiary/aromatic N) is 3. The van der Waals surface area contributed by atoms with Crippen molar-refractivity contribution in [3.8, 4) is 5.75 Å². The fourth-order valence-corrected chi connectivity index (χ4v) is 2.15. The van der Waals surface area contributed by atoms with Gasteiger partial charge in [-0.05, 0) is 30.3 Å². The molecular weight excluding hydrogens is 294 g/mol. The van der Waals surface area contributed by atoms with Crippen LogP contribution in [-0.2, 0) is 7.05 Å². The first-order valence-corrected chi connectivity index (χ1v) is 7.20. The molecular formula is C16H17N5O2. The molecule has 0 aliphatic rings. The summed E-state index contributed by atoms with van der Waals surface area (Å²) in [7, 11) is 1.69. The van der Waals surface area contributed by atoms with Crippen LogP contribution < -0.4 is 21.3 Å².